The second kappa shape index (κ2) is 7.41. The van der Waals surface area contributed by atoms with Gasteiger partial charge in [-0.3, -0.25) is 0 Å². The minimum absolute atomic E-state index is 0.0145. The average Bonchev–Trinajstić information content (AvgIpc) is 3.29. The van der Waals surface area contributed by atoms with Crippen LogP contribution in [0.3, 0.4) is 0 Å². The van der Waals surface area contributed by atoms with Gasteiger partial charge in [0.2, 0.25) is 0 Å². The Balaban J connectivity index is 1.08. The Morgan fingerprint density at radius 1 is 0.926 bits per heavy atom. The Hall–Kier alpha value is -1.64. The third kappa shape index (κ3) is 3.34. The first-order valence-electron chi connectivity index (χ1n) is 10.9. The number of hydrogen-bond acceptors (Lipinski definition) is 2. The van der Waals surface area contributed by atoms with Crippen molar-refractivity contribution in [3.63, 3.8) is 0 Å². The predicted molar refractivity (Wildman–Crippen MR) is 110 cm³/mol. The molecule has 2 aromatic carbocycles. The Labute approximate surface area is 163 Å². The number of fused-ring (bicyclic) bond motifs is 3. The quantitative estimate of drug-likeness (QED) is 0.660. The van der Waals surface area contributed by atoms with E-state index in [-0.39, 0.29) is 5.60 Å². The van der Waals surface area contributed by atoms with Crippen molar-refractivity contribution in [2.45, 2.75) is 63.1 Å². The third-order valence-corrected chi connectivity index (χ3v) is 7.21. The SMILES string of the molecule is c1ccc2c(c1)CCC2CCCCN1CCC2(CC1)OCc1ccccc12. The highest BCUT2D eigenvalue weighted by molar-refractivity contribution is 5.36. The first-order chi connectivity index (χ1) is 13.3. The van der Waals surface area contributed by atoms with Crippen LogP contribution in [0.2, 0.25) is 0 Å². The van der Waals surface area contributed by atoms with E-state index in [1.54, 1.807) is 11.1 Å². The molecule has 2 aliphatic heterocycles. The molecule has 2 nitrogen and oxygen atoms in total. The second-order valence-electron chi connectivity index (χ2n) is 8.71. The molecular formula is C25H31NO. The van der Waals surface area contributed by atoms with Crippen LogP contribution in [0.4, 0.5) is 0 Å². The molecule has 2 aromatic rings. The van der Waals surface area contributed by atoms with Crippen molar-refractivity contribution in [1.29, 1.82) is 0 Å². The normalized spacial score (nSPS) is 23.5. The molecule has 1 saturated heterocycles. The summed E-state index contributed by atoms with van der Waals surface area (Å²) in [5.41, 5.74) is 6.11. The van der Waals surface area contributed by atoms with Gasteiger partial charge in [0.15, 0.2) is 0 Å². The van der Waals surface area contributed by atoms with Gasteiger partial charge in [-0.1, -0.05) is 55.0 Å². The zero-order valence-corrected chi connectivity index (χ0v) is 16.3. The summed E-state index contributed by atoms with van der Waals surface area (Å²) in [4.78, 5) is 2.66. The highest BCUT2D eigenvalue weighted by Gasteiger charge is 2.42. The molecule has 142 valence electrons. The lowest BCUT2D eigenvalue weighted by Gasteiger charge is -2.39. The maximum absolute atomic E-state index is 6.30. The summed E-state index contributed by atoms with van der Waals surface area (Å²) in [6.07, 6.45) is 9.02. The zero-order valence-electron chi connectivity index (χ0n) is 16.3. The molecule has 0 N–H and O–H groups in total. The number of piperidine rings is 1. The van der Waals surface area contributed by atoms with E-state index in [2.05, 4.69) is 53.4 Å². The van der Waals surface area contributed by atoms with Crippen LogP contribution in [0.1, 0.15) is 66.7 Å². The number of likely N-dealkylation sites (tertiary alicyclic amines) is 1. The summed E-state index contributed by atoms with van der Waals surface area (Å²) in [5, 5.41) is 0. The molecule has 1 aliphatic carbocycles. The number of unbranched alkanes of at least 4 members (excludes halogenated alkanes) is 1. The lowest BCUT2D eigenvalue weighted by Crippen LogP contribution is -2.42. The lowest BCUT2D eigenvalue weighted by molar-refractivity contribution is -0.0788. The Kier molecular flexibility index (Phi) is 4.79. The zero-order chi connectivity index (χ0) is 18.1. The van der Waals surface area contributed by atoms with Gasteiger partial charge in [0, 0.05) is 13.1 Å². The molecule has 0 saturated carbocycles. The van der Waals surface area contributed by atoms with Gasteiger partial charge in [-0.05, 0) is 73.2 Å². The van der Waals surface area contributed by atoms with E-state index in [9.17, 15) is 0 Å². The minimum Gasteiger partial charge on any atom is -0.365 e. The van der Waals surface area contributed by atoms with Crippen LogP contribution >= 0.6 is 0 Å². The van der Waals surface area contributed by atoms with Gasteiger partial charge in [-0.2, -0.15) is 0 Å². The van der Waals surface area contributed by atoms with Crippen molar-refractivity contribution in [2.24, 2.45) is 0 Å². The van der Waals surface area contributed by atoms with Crippen LogP contribution in [-0.4, -0.2) is 24.5 Å². The number of benzene rings is 2. The standard InChI is InChI=1S/C25H31NO/c1-3-10-23-20(7-1)12-13-21(23)8-5-6-16-26-17-14-25(15-18-26)24-11-4-2-9-22(24)19-27-25/h1-4,7,9-11,21H,5-6,8,12-19H2. The number of ether oxygens (including phenoxy) is 1. The van der Waals surface area contributed by atoms with E-state index in [1.165, 1.54) is 62.9 Å². The van der Waals surface area contributed by atoms with E-state index in [0.717, 1.165) is 25.4 Å². The predicted octanol–water partition coefficient (Wildman–Crippen LogP) is 5.41. The molecule has 3 aliphatic rings. The summed E-state index contributed by atoms with van der Waals surface area (Å²) < 4.78 is 6.30. The number of rotatable bonds is 5. The maximum Gasteiger partial charge on any atom is 0.0963 e. The first kappa shape index (κ1) is 17.5. The molecule has 0 amide bonds. The molecule has 0 bridgehead atoms. The fraction of sp³-hybridized carbons (Fsp3) is 0.520. The fourth-order valence-corrected chi connectivity index (χ4v) is 5.61. The first-order valence-corrected chi connectivity index (χ1v) is 10.9. The smallest absolute Gasteiger partial charge is 0.0963 e. The van der Waals surface area contributed by atoms with Crippen molar-refractivity contribution in [2.75, 3.05) is 19.6 Å². The molecule has 2 heterocycles. The highest BCUT2D eigenvalue weighted by atomic mass is 16.5. The largest absolute Gasteiger partial charge is 0.365 e. The van der Waals surface area contributed by atoms with Gasteiger partial charge < -0.3 is 9.64 Å². The molecule has 1 spiro atoms. The summed E-state index contributed by atoms with van der Waals surface area (Å²) in [5.74, 6) is 0.814. The Bertz CT molecular complexity index is 790. The average molecular weight is 362 g/mol. The van der Waals surface area contributed by atoms with Crippen LogP contribution in [0, 0.1) is 0 Å². The van der Waals surface area contributed by atoms with Gasteiger partial charge in [0.25, 0.3) is 0 Å². The van der Waals surface area contributed by atoms with E-state index in [4.69, 9.17) is 4.74 Å². The third-order valence-electron chi connectivity index (χ3n) is 7.21. The molecule has 1 fully saturated rings. The van der Waals surface area contributed by atoms with Crippen molar-refractivity contribution < 1.29 is 4.74 Å². The van der Waals surface area contributed by atoms with Gasteiger partial charge in [-0.25, -0.2) is 0 Å². The Morgan fingerprint density at radius 2 is 1.70 bits per heavy atom. The van der Waals surface area contributed by atoms with Crippen molar-refractivity contribution >= 4 is 0 Å². The molecule has 0 radical (unpaired) electrons. The molecular weight excluding hydrogens is 330 g/mol. The monoisotopic (exact) mass is 361 g/mol. The van der Waals surface area contributed by atoms with Gasteiger partial charge in [0.05, 0.1) is 12.2 Å². The number of nitrogens with zero attached hydrogens (tertiary/aromatic N) is 1. The lowest BCUT2D eigenvalue weighted by atomic mass is 9.84. The van der Waals surface area contributed by atoms with Crippen LogP contribution in [0.25, 0.3) is 0 Å². The number of hydrogen-bond donors (Lipinski definition) is 0. The molecule has 27 heavy (non-hydrogen) atoms. The highest BCUT2D eigenvalue weighted by Crippen LogP contribution is 2.44. The number of aryl methyl sites for hydroxylation is 1. The van der Waals surface area contributed by atoms with Crippen LogP contribution in [0.15, 0.2) is 48.5 Å². The Morgan fingerprint density at radius 3 is 2.59 bits per heavy atom. The van der Waals surface area contributed by atoms with Gasteiger partial charge in [0.1, 0.15) is 0 Å². The molecule has 0 aromatic heterocycles. The molecule has 2 heteroatoms. The minimum atomic E-state index is 0.0145. The van der Waals surface area contributed by atoms with E-state index >= 15 is 0 Å². The topological polar surface area (TPSA) is 12.5 Å². The van der Waals surface area contributed by atoms with Crippen LogP contribution in [-0.2, 0) is 23.4 Å². The molecule has 1 unspecified atom stereocenters. The van der Waals surface area contributed by atoms with Crippen molar-refractivity contribution in [3.8, 4) is 0 Å². The maximum atomic E-state index is 6.30. The molecule has 5 rings (SSSR count). The molecule has 1 atom stereocenters. The van der Waals surface area contributed by atoms with Crippen LogP contribution < -0.4 is 0 Å². The van der Waals surface area contributed by atoms with E-state index in [0.29, 0.717) is 0 Å². The van der Waals surface area contributed by atoms with Gasteiger partial charge >= 0.3 is 0 Å². The summed E-state index contributed by atoms with van der Waals surface area (Å²) in [6, 6.07) is 17.9. The van der Waals surface area contributed by atoms with Gasteiger partial charge in [-0.15, -0.1) is 0 Å². The van der Waals surface area contributed by atoms with E-state index in [1.807, 2.05) is 0 Å². The van der Waals surface area contributed by atoms with E-state index < -0.39 is 0 Å². The van der Waals surface area contributed by atoms with Crippen molar-refractivity contribution in [3.05, 3.63) is 70.8 Å². The van der Waals surface area contributed by atoms with Crippen LogP contribution in [0.5, 0.6) is 0 Å². The summed E-state index contributed by atoms with van der Waals surface area (Å²) >= 11 is 0. The fourth-order valence-electron chi connectivity index (χ4n) is 5.61. The summed E-state index contributed by atoms with van der Waals surface area (Å²) in [7, 11) is 0. The second-order valence-corrected chi connectivity index (χ2v) is 8.71. The van der Waals surface area contributed by atoms with Crippen molar-refractivity contribution in [1.82, 2.24) is 4.90 Å². The summed E-state index contributed by atoms with van der Waals surface area (Å²) in [6.45, 7) is 4.42.